The Morgan fingerprint density at radius 3 is 2.32 bits per heavy atom. The summed E-state index contributed by atoms with van der Waals surface area (Å²) in [5, 5.41) is 0. The molecule has 5 atom stereocenters. The first-order valence-electron chi connectivity index (χ1n) is 10.5. The Morgan fingerprint density at radius 2 is 1.86 bits per heavy atom. The molecule has 2 amide bonds. The number of ether oxygens (including phenoxy) is 2. The SMILES string of the molecule is CCC(C)C(C(CC(=O)N1CCCC1C(OC)C(C)C)OC)N(C)C(=O)CN. The molecule has 1 fully saturated rings. The molecule has 0 aromatic heterocycles. The molecular weight excluding hydrogens is 358 g/mol. The van der Waals surface area contributed by atoms with Gasteiger partial charge in [0, 0.05) is 27.8 Å². The van der Waals surface area contributed by atoms with Crippen molar-refractivity contribution in [3.05, 3.63) is 0 Å². The number of nitrogens with two attached hydrogens (primary N) is 1. The molecule has 1 heterocycles. The lowest BCUT2D eigenvalue weighted by Crippen LogP contribution is -2.53. The van der Waals surface area contributed by atoms with Crippen LogP contribution in [0.4, 0.5) is 0 Å². The van der Waals surface area contributed by atoms with Crippen LogP contribution in [0.15, 0.2) is 0 Å². The van der Waals surface area contributed by atoms with Crippen LogP contribution in [0.5, 0.6) is 0 Å². The van der Waals surface area contributed by atoms with Gasteiger partial charge in [0.1, 0.15) is 0 Å². The maximum absolute atomic E-state index is 13.2. The number of methoxy groups -OCH3 is 2. The third-order valence-electron chi connectivity index (χ3n) is 6.23. The molecule has 0 bridgehead atoms. The van der Waals surface area contributed by atoms with Crippen LogP contribution in [0, 0.1) is 11.8 Å². The lowest BCUT2D eigenvalue weighted by Gasteiger charge is -2.39. The van der Waals surface area contributed by atoms with Crippen molar-refractivity contribution in [2.24, 2.45) is 17.6 Å². The van der Waals surface area contributed by atoms with Crippen molar-refractivity contribution in [2.75, 3.05) is 34.4 Å². The topological polar surface area (TPSA) is 85.1 Å². The van der Waals surface area contributed by atoms with Gasteiger partial charge >= 0.3 is 0 Å². The van der Waals surface area contributed by atoms with Gasteiger partial charge in [0.25, 0.3) is 0 Å². The van der Waals surface area contributed by atoms with E-state index in [1.54, 1.807) is 26.2 Å². The number of hydrogen-bond donors (Lipinski definition) is 1. The molecule has 0 aliphatic carbocycles. The number of carbonyl (C=O) groups is 2. The summed E-state index contributed by atoms with van der Waals surface area (Å²) in [6, 6.07) is -0.0974. The highest BCUT2D eigenvalue weighted by Gasteiger charge is 2.39. The average molecular weight is 400 g/mol. The van der Waals surface area contributed by atoms with Gasteiger partial charge in [0.2, 0.25) is 11.8 Å². The minimum atomic E-state index is -0.371. The predicted molar refractivity (Wildman–Crippen MR) is 111 cm³/mol. The Balaban J connectivity index is 2.98. The molecule has 0 aromatic carbocycles. The second-order valence-corrected chi connectivity index (χ2v) is 8.30. The lowest BCUT2D eigenvalue weighted by atomic mass is 9.90. The van der Waals surface area contributed by atoms with E-state index in [1.807, 2.05) is 4.90 Å². The van der Waals surface area contributed by atoms with E-state index in [-0.39, 0.29) is 55.0 Å². The normalized spacial score (nSPS) is 21.5. The summed E-state index contributed by atoms with van der Waals surface area (Å²) in [4.78, 5) is 29.0. The van der Waals surface area contributed by atoms with Crippen LogP contribution in [0.3, 0.4) is 0 Å². The number of amides is 2. The van der Waals surface area contributed by atoms with Gasteiger partial charge in [-0.3, -0.25) is 9.59 Å². The minimum Gasteiger partial charge on any atom is -0.379 e. The maximum Gasteiger partial charge on any atom is 0.236 e. The summed E-state index contributed by atoms with van der Waals surface area (Å²) in [6.45, 7) is 9.11. The van der Waals surface area contributed by atoms with E-state index in [0.29, 0.717) is 5.92 Å². The first kappa shape index (κ1) is 24.9. The number of likely N-dealkylation sites (tertiary alicyclic amines) is 1. The monoisotopic (exact) mass is 399 g/mol. The van der Waals surface area contributed by atoms with Crippen molar-refractivity contribution < 1.29 is 19.1 Å². The number of nitrogens with zero attached hydrogens (tertiary/aromatic N) is 2. The van der Waals surface area contributed by atoms with Crippen LogP contribution in [0.25, 0.3) is 0 Å². The highest BCUT2D eigenvalue weighted by atomic mass is 16.5. The van der Waals surface area contributed by atoms with Gasteiger partial charge < -0.3 is 25.0 Å². The summed E-state index contributed by atoms with van der Waals surface area (Å²) >= 11 is 0. The molecule has 0 aromatic rings. The fourth-order valence-corrected chi connectivity index (χ4v) is 4.50. The maximum atomic E-state index is 13.2. The van der Waals surface area contributed by atoms with E-state index in [9.17, 15) is 9.59 Å². The molecule has 1 rings (SSSR count). The Labute approximate surface area is 170 Å². The van der Waals surface area contributed by atoms with Gasteiger partial charge in [-0.1, -0.05) is 34.1 Å². The van der Waals surface area contributed by atoms with E-state index in [2.05, 4.69) is 27.7 Å². The van der Waals surface area contributed by atoms with E-state index < -0.39 is 0 Å². The van der Waals surface area contributed by atoms with E-state index in [0.717, 1.165) is 25.8 Å². The Morgan fingerprint density at radius 1 is 1.21 bits per heavy atom. The van der Waals surface area contributed by atoms with Crippen molar-refractivity contribution in [1.29, 1.82) is 0 Å². The average Bonchev–Trinajstić information content (AvgIpc) is 3.15. The molecule has 7 nitrogen and oxygen atoms in total. The number of carbonyl (C=O) groups excluding carboxylic acids is 2. The zero-order chi connectivity index (χ0) is 21.4. The van der Waals surface area contributed by atoms with Crippen LogP contribution < -0.4 is 5.73 Å². The van der Waals surface area contributed by atoms with Crippen molar-refractivity contribution in [3.63, 3.8) is 0 Å². The van der Waals surface area contributed by atoms with Crippen LogP contribution in [0.1, 0.15) is 53.4 Å². The van der Waals surface area contributed by atoms with Crippen molar-refractivity contribution in [3.8, 4) is 0 Å². The lowest BCUT2D eigenvalue weighted by molar-refractivity contribution is -0.143. The smallest absolute Gasteiger partial charge is 0.236 e. The molecule has 0 radical (unpaired) electrons. The van der Waals surface area contributed by atoms with Gasteiger partial charge in [-0.2, -0.15) is 0 Å². The van der Waals surface area contributed by atoms with Gasteiger partial charge in [0.15, 0.2) is 0 Å². The first-order chi connectivity index (χ1) is 13.2. The molecule has 2 N–H and O–H groups in total. The molecule has 1 aliphatic heterocycles. The number of hydrogen-bond acceptors (Lipinski definition) is 5. The van der Waals surface area contributed by atoms with E-state index in [1.165, 1.54) is 0 Å². The summed E-state index contributed by atoms with van der Waals surface area (Å²) in [6.07, 6.45) is 2.73. The highest BCUT2D eigenvalue weighted by molar-refractivity contribution is 5.79. The van der Waals surface area contributed by atoms with Gasteiger partial charge in [-0.15, -0.1) is 0 Å². The second kappa shape index (κ2) is 11.7. The quantitative estimate of drug-likeness (QED) is 0.573. The molecule has 164 valence electrons. The van der Waals surface area contributed by atoms with Crippen molar-refractivity contribution in [2.45, 2.75) is 77.7 Å². The summed E-state index contributed by atoms with van der Waals surface area (Å²) in [5.41, 5.74) is 5.57. The summed E-state index contributed by atoms with van der Waals surface area (Å²) in [7, 11) is 5.08. The third kappa shape index (κ3) is 5.91. The second-order valence-electron chi connectivity index (χ2n) is 8.30. The van der Waals surface area contributed by atoms with Gasteiger partial charge in [-0.05, 0) is 24.7 Å². The van der Waals surface area contributed by atoms with Gasteiger partial charge in [-0.25, -0.2) is 0 Å². The molecule has 7 heteroatoms. The van der Waals surface area contributed by atoms with Crippen molar-refractivity contribution >= 4 is 11.8 Å². The van der Waals surface area contributed by atoms with Crippen LogP contribution in [-0.4, -0.2) is 80.3 Å². The Hall–Kier alpha value is -1.18. The summed E-state index contributed by atoms with van der Waals surface area (Å²) < 4.78 is 11.4. The first-order valence-corrected chi connectivity index (χ1v) is 10.5. The number of likely N-dealkylation sites (N-methyl/N-ethyl adjacent to an activating group) is 1. The van der Waals surface area contributed by atoms with Crippen LogP contribution in [0.2, 0.25) is 0 Å². The van der Waals surface area contributed by atoms with Crippen LogP contribution in [-0.2, 0) is 19.1 Å². The molecule has 28 heavy (non-hydrogen) atoms. The predicted octanol–water partition coefficient (Wildman–Crippen LogP) is 1.89. The van der Waals surface area contributed by atoms with E-state index >= 15 is 0 Å². The van der Waals surface area contributed by atoms with E-state index in [4.69, 9.17) is 15.2 Å². The fourth-order valence-electron chi connectivity index (χ4n) is 4.50. The molecule has 0 spiro atoms. The molecule has 1 saturated heterocycles. The standard InChI is InChI=1S/C21H41N3O4/c1-8-15(4)20(23(5)19(26)13-22)17(27-6)12-18(25)24-11-9-10-16(24)21(28-7)14(2)3/h14-17,20-21H,8-13,22H2,1-7H3. The number of rotatable bonds is 11. The van der Waals surface area contributed by atoms with Crippen molar-refractivity contribution in [1.82, 2.24) is 9.80 Å². The zero-order valence-corrected chi connectivity index (χ0v) is 18.8. The largest absolute Gasteiger partial charge is 0.379 e. The summed E-state index contributed by atoms with van der Waals surface area (Å²) in [5.74, 6) is 0.454. The fraction of sp³-hybridized carbons (Fsp3) is 0.905. The third-order valence-corrected chi connectivity index (χ3v) is 6.23. The molecular formula is C21H41N3O4. The minimum absolute atomic E-state index is 0.0271. The highest BCUT2D eigenvalue weighted by Crippen LogP contribution is 2.28. The van der Waals surface area contributed by atoms with Crippen LogP contribution >= 0.6 is 0 Å². The molecule has 1 aliphatic rings. The zero-order valence-electron chi connectivity index (χ0n) is 18.8. The molecule has 0 saturated carbocycles. The van der Waals surface area contributed by atoms with Gasteiger partial charge in [0.05, 0.1) is 37.3 Å². The Kier molecular flexibility index (Phi) is 10.4. The molecule has 5 unspecified atom stereocenters. The Bertz CT molecular complexity index is 500.